The lowest BCUT2D eigenvalue weighted by atomic mass is 10.0. The van der Waals surface area contributed by atoms with Crippen LogP contribution in [0, 0.1) is 20.8 Å². The maximum absolute atomic E-state index is 11.9. The Morgan fingerprint density at radius 2 is 1.77 bits per heavy atom. The number of aromatic nitrogens is 2. The zero-order valence-corrected chi connectivity index (χ0v) is 15.1. The van der Waals surface area contributed by atoms with E-state index in [4.69, 9.17) is 9.15 Å². The lowest BCUT2D eigenvalue weighted by Gasteiger charge is -2.05. The molecule has 0 radical (unpaired) electrons. The monoisotopic (exact) mass is 351 g/mol. The minimum atomic E-state index is -0.354. The zero-order chi connectivity index (χ0) is 18.5. The van der Waals surface area contributed by atoms with Crippen molar-refractivity contribution in [3.05, 3.63) is 70.6 Å². The van der Waals surface area contributed by atoms with Crippen LogP contribution < -0.4 is 10.1 Å². The van der Waals surface area contributed by atoms with Crippen LogP contribution in [-0.4, -0.2) is 22.7 Å². The van der Waals surface area contributed by atoms with Crippen LogP contribution in [0.2, 0.25) is 0 Å². The van der Waals surface area contributed by atoms with Crippen LogP contribution >= 0.6 is 0 Å². The molecule has 6 nitrogen and oxygen atoms in total. The Kier molecular flexibility index (Phi) is 5.31. The summed E-state index contributed by atoms with van der Waals surface area (Å²) >= 11 is 0. The first-order chi connectivity index (χ1) is 12.5. The maximum atomic E-state index is 11.9. The molecule has 6 heteroatoms. The number of hydrogen-bond acceptors (Lipinski definition) is 5. The van der Waals surface area contributed by atoms with E-state index in [1.165, 1.54) is 11.1 Å². The van der Waals surface area contributed by atoms with Crippen molar-refractivity contribution in [1.29, 1.82) is 0 Å². The number of benzene rings is 2. The van der Waals surface area contributed by atoms with E-state index in [9.17, 15) is 4.79 Å². The molecule has 1 aromatic heterocycles. The highest BCUT2D eigenvalue weighted by Crippen LogP contribution is 2.16. The molecule has 134 valence electrons. The van der Waals surface area contributed by atoms with Crippen molar-refractivity contribution in [2.24, 2.45) is 0 Å². The van der Waals surface area contributed by atoms with Crippen molar-refractivity contribution in [2.45, 2.75) is 27.2 Å². The number of anilines is 1. The molecule has 0 spiro atoms. The summed E-state index contributed by atoms with van der Waals surface area (Å²) in [5.74, 6) is 0.728. The molecule has 1 heterocycles. The molecular weight excluding hydrogens is 330 g/mol. The van der Waals surface area contributed by atoms with Crippen molar-refractivity contribution in [3.63, 3.8) is 0 Å². The van der Waals surface area contributed by atoms with Gasteiger partial charge in [-0.25, -0.2) is 0 Å². The standard InChI is InChI=1S/C20H21N3O3/c1-13-5-8-17(9-6-13)25-12-18(24)21-20-23-22-19(26-20)11-16-7-4-14(2)10-15(16)3/h4-10H,11-12H2,1-3H3,(H,21,23,24). The normalized spacial score (nSPS) is 10.6. The molecule has 3 aromatic rings. The molecule has 0 aliphatic carbocycles. The third kappa shape index (κ3) is 4.69. The second-order valence-electron chi connectivity index (χ2n) is 6.26. The molecule has 1 N–H and O–H groups in total. The van der Waals surface area contributed by atoms with Gasteiger partial charge in [0, 0.05) is 0 Å². The van der Waals surface area contributed by atoms with Crippen molar-refractivity contribution >= 4 is 11.9 Å². The van der Waals surface area contributed by atoms with Crippen LogP contribution in [0.5, 0.6) is 5.75 Å². The average molecular weight is 351 g/mol. The lowest BCUT2D eigenvalue weighted by molar-refractivity contribution is -0.118. The van der Waals surface area contributed by atoms with Crippen LogP contribution in [0.4, 0.5) is 6.01 Å². The average Bonchev–Trinajstić information content (AvgIpc) is 3.04. The maximum Gasteiger partial charge on any atom is 0.322 e. The summed E-state index contributed by atoms with van der Waals surface area (Å²) in [6.45, 7) is 5.96. The van der Waals surface area contributed by atoms with E-state index in [0.29, 0.717) is 18.1 Å². The highest BCUT2D eigenvalue weighted by Gasteiger charge is 2.12. The fourth-order valence-electron chi connectivity index (χ4n) is 2.52. The van der Waals surface area contributed by atoms with Gasteiger partial charge in [-0.15, -0.1) is 5.10 Å². The summed E-state index contributed by atoms with van der Waals surface area (Å²) in [7, 11) is 0. The number of carbonyl (C=O) groups excluding carboxylic acids is 1. The van der Waals surface area contributed by atoms with Gasteiger partial charge in [0.1, 0.15) is 5.75 Å². The number of carbonyl (C=O) groups is 1. The van der Waals surface area contributed by atoms with E-state index < -0.39 is 0 Å². The Balaban J connectivity index is 1.54. The van der Waals surface area contributed by atoms with E-state index in [0.717, 1.165) is 11.1 Å². The molecular formula is C20H21N3O3. The number of amides is 1. The summed E-state index contributed by atoms with van der Waals surface area (Å²) < 4.78 is 10.9. The zero-order valence-electron chi connectivity index (χ0n) is 15.1. The van der Waals surface area contributed by atoms with Crippen molar-refractivity contribution in [2.75, 3.05) is 11.9 Å². The second-order valence-corrected chi connectivity index (χ2v) is 6.26. The predicted molar refractivity (Wildman–Crippen MR) is 98.3 cm³/mol. The molecule has 0 aliphatic heterocycles. The van der Waals surface area contributed by atoms with Gasteiger partial charge in [0.15, 0.2) is 6.61 Å². The fraction of sp³-hybridized carbons (Fsp3) is 0.250. The minimum Gasteiger partial charge on any atom is -0.484 e. The third-order valence-corrected chi connectivity index (χ3v) is 3.94. The first-order valence-corrected chi connectivity index (χ1v) is 8.37. The van der Waals surface area contributed by atoms with Crippen LogP contribution in [0.3, 0.4) is 0 Å². The molecule has 2 aromatic carbocycles. The van der Waals surface area contributed by atoms with Crippen LogP contribution in [0.1, 0.15) is 28.1 Å². The quantitative estimate of drug-likeness (QED) is 0.734. The van der Waals surface area contributed by atoms with E-state index in [2.05, 4.69) is 28.5 Å². The Morgan fingerprint density at radius 3 is 2.50 bits per heavy atom. The molecule has 0 fully saturated rings. The molecule has 0 saturated heterocycles. The number of ether oxygens (including phenoxy) is 1. The Morgan fingerprint density at radius 1 is 1.04 bits per heavy atom. The van der Waals surface area contributed by atoms with Gasteiger partial charge in [0.05, 0.1) is 6.42 Å². The van der Waals surface area contributed by atoms with Gasteiger partial charge in [0.25, 0.3) is 5.91 Å². The number of rotatable bonds is 6. The fourth-order valence-corrected chi connectivity index (χ4v) is 2.52. The van der Waals surface area contributed by atoms with Gasteiger partial charge < -0.3 is 9.15 Å². The van der Waals surface area contributed by atoms with E-state index >= 15 is 0 Å². The van der Waals surface area contributed by atoms with Gasteiger partial charge in [-0.1, -0.05) is 46.6 Å². The molecule has 0 saturated carbocycles. The number of nitrogens with one attached hydrogen (secondary N) is 1. The van der Waals surface area contributed by atoms with Crippen molar-refractivity contribution in [3.8, 4) is 5.75 Å². The van der Waals surface area contributed by atoms with Crippen molar-refractivity contribution in [1.82, 2.24) is 10.2 Å². The number of hydrogen-bond donors (Lipinski definition) is 1. The lowest BCUT2D eigenvalue weighted by Crippen LogP contribution is -2.20. The molecule has 0 bridgehead atoms. The molecule has 0 atom stereocenters. The molecule has 0 aliphatic rings. The van der Waals surface area contributed by atoms with Gasteiger partial charge in [0.2, 0.25) is 5.89 Å². The van der Waals surface area contributed by atoms with Crippen molar-refractivity contribution < 1.29 is 13.9 Å². The van der Waals surface area contributed by atoms with E-state index in [1.807, 2.05) is 50.2 Å². The molecule has 26 heavy (non-hydrogen) atoms. The largest absolute Gasteiger partial charge is 0.484 e. The third-order valence-electron chi connectivity index (χ3n) is 3.94. The number of nitrogens with zero attached hydrogens (tertiary/aromatic N) is 2. The van der Waals surface area contributed by atoms with Crippen LogP contribution in [0.15, 0.2) is 46.9 Å². The van der Waals surface area contributed by atoms with Gasteiger partial charge in [-0.05, 0) is 44.0 Å². The first-order valence-electron chi connectivity index (χ1n) is 8.37. The van der Waals surface area contributed by atoms with Crippen LogP contribution in [-0.2, 0) is 11.2 Å². The van der Waals surface area contributed by atoms with Gasteiger partial charge >= 0.3 is 6.01 Å². The minimum absolute atomic E-state index is 0.0715. The van der Waals surface area contributed by atoms with Gasteiger partial charge in [-0.2, -0.15) is 0 Å². The van der Waals surface area contributed by atoms with Gasteiger partial charge in [-0.3, -0.25) is 10.1 Å². The Bertz CT molecular complexity index is 901. The molecule has 1 amide bonds. The van der Waals surface area contributed by atoms with E-state index in [-0.39, 0.29) is 18.5 Å². The topological polar surface area (TPSA) is 77.2 Å². The molecule has 3 rings (SSSR count). The predicted octanol–water partition coefficient (Wildman–Crippen LogP) is 3.60. The SMILES string of the molecule is Cc1ccc(OCC(=O)Nc2nnc(Cc3ccc(C)cc3C)o2)cc1. The second kappa shape index (κ2) is 7.82. The first kappa shape index (κ1) is 17.7. The summed E-state index contributed by atoms with van der Waals surface area (Å²) in [4.78, 5) is 11.9. The van der Waals surface area contributed by atoms with E-state index in [1.54, 1.807) is 0 Å². The summed E-state index contributed by atoms with van der Waals surface area (Å²) in [6.07, 6.45) is 0.523. The summed E-state index contributed by atoms with van der Waals surface area (Å²) in [5, 5.41) is 10.4. The smallest absolute Gasteiger partial charge is 0.322 e. The summed E-state index contributed by atoms with van der Waals surface area (Å²) in [5.41, 5.74) is 4.61. The number of aryl methyl sites for hydroxylation is 3. The Hall–Kier alpha value is -3.15. The highest BCUT2D eigenvalue weighted by molar-refractivity contribution is 5.89. The molecule has 0 unspecified atom stereocenters. The van der Waals surface area contributed by atoms with Crippen LogP contribution in [0.25, 0.3) is 0 Å². The summed E-state index contributed by atoms with van der Waals surface area (Å²) in [6, 6.07) is 13.7. The Labute approximate surface area is 152 Å². The highest BCUT2D eigenvalue weighted by atomic mass is 16.5.